The van der Waals surface area contributed by atoms with Crippen LogP contribution in [0.15, 0.2) is 24.3 Å². The predicted octanol–water partition coefficient (Wildman–Crippen LogP) is 2.49. The maximum absolute atomic E-state index is 6.05. The van der Waals surface area contributed by atoms with Gasteiger partial charge in [-0.1, -0.05) is 23.7 Å². The quantitative estimate of drug-likeness (QED) is 0.802. The summed E-state index contributed by atoms with van der Waals surface area (Å²) >= 11 is 6.05. The molecule has 1 fully saturated rings. The molecule has 0 heterocycles. The summed E-state index contributed by atoms with van der Waals surface area (Å²) in [7, 11) is 0. The van der Waals surface area contributed by atoms with Gasteiger partial charge in [0.2, 0.25) is 0 Å². The van der Waals surface area contributed by atoms with Crippen LogP contribution in [0, 0.1) is 5.92 Å². The molecule has 0 amide bonds. The van der Waals surface area contributed by atoms with E-state index in [1.165, 1.54) is 12.8 Å². The Kier molecular flexibility index (Phi) is 2.94. The Morgan fingerprint density at radius 1 is 1.43 bits per heavy atom. The Bertz CT molecular complexity index is 310. The van der Waals surface area contributed by atoms with E-state index in [0.717, 1.165) is 16.6 Å². The number of hydrogen-bond acceptors (Lipinski definition) is 2. The number of hydrogen-bond donors (Lipinski definition) is 2. The molecule has 2 rings (SSSR count). The first-order valence-corrected chi connectivity index (χ1v) is 5.40. The monoisotopic (exact) mass is 210 g/mol. The van der Waals surface area contributed by atoms with Gasteiger partial charge in [-0.3, -0.25) is 0 Å². The van der Waals surface area contributed by atoms with Crippen molar-refractivity contribution in [1.82, 2.24) is 0 Å². The summed E-state index contributed by atoms with van der Waals surface area (Å²) in [6.45, 7) is 0.676. The SMILES string of the molecule is NCC(Nc1ccccc1Cl)C1CC1. The largest absolute Gasteiger partial charge is 0.380 e. The molecule has 1 aliphatic carbocycles. The summed E-state index contributed by atoms with van der Waals surface area (Å²) in [5.74, 6) is 0.747. The van der Waals surface area contributed by atoms with Gasteiger partial charge in [0.25, 0.3) is 0 Å². The highest BCUT2D eigenvalue weighted by molar-refractivity contribution is 6.33. The van der Waals surface area contributed by atoms with E-state index in [1.54, 1.807) is 0 Å². The van der Waals surface area contributed by atoms with Crippen LogP contribution in [0.2, 0.25) is 5.02 Å². The van der Waals surface area contributed by atoms with E-state index >= 15 is 0 Å². The van der Waals surface area contributed by atoms with Crippen molar-refractivity contribution in [2.45, 2.75) is 18.9 Å². The molecule has 0 saturated heterocycles. The second-order valence-corrected chi connectivity index (χ2v) is 4.21. The molecular formula is C11H15ClN2. The molecule has 0 bridgehead atoms. The number of halogens is 1. The molecule has 0 radical (unpaired) electrons. The van der Waals surface area contributed by atoms with Gasteiger partial charge in [-0.25, -0.2) is 0 Å². The highest BCUT2D eigenvalue weighted by Gasteiger charge is 2.30. The number of benzene rings is 1. The highest BCUT2D eigenvalue weighted by Crippen LogP contribution is 2.34. The molecule has 1 atom stereocenters. The van der Waals surface area contributed by atoms with Crippen LogP contribution in [-0.4, -0.2) is 12.6 Å². The van der Waals surface area contributed by atoms with Gasteiger partial charge in [-0.2, -0.15) is 0 Å². The lowest BCUT2D eigenvalue weighted by Gasteiger charge is -2.18. The van der Waals surface area contributed by atoms with E-state index in [1.807, 2.05) is 24.3 Å². The highest BCUT2D eigenvalue weighted by atomic mass is 35.5. The van der Waals surface area contributed by atoms with Crippen molar-refractivity contribution in [3.63, 3.8) is 0 Å². The Hall–Kier alpha value is -0.730. The molecular weight excluding hydrogens is 196 g/mol. The molecule has 2 nitrogen and oxygen atoms in total. The summed E-state index contributed by atoms with van der Waals surface area (Å²) in [5.41, 5.74) is 6.70. The Balaban J connectivity index is 2.04. The van der Waals surface area contributed by atoms with Crippen LogP contribution in [0.1, 0.15) is 12.8 Å². The van der Waals surface area contributed by atoms with Gasteiger partial charge < -0.3 is 11.1 Å². The third-order valence-corrected chi connectivity index (χ3v) is 2.99. The fourth-order valence-corrected chi connectivity index (χ4v) is 1.84. The van der Waals surface area contributed by atoms with Crippen molar-refractivity contribution >= 4 is 17.3 Å². The topological polar surface area (TPSA) is 38.0 Å². The fourth-order valence-electron chi connectivity index (χ4n) is 1.65. The number of nitrogens with two attached hydrogens (primary N) is 1. The van der Waals surface area contributed by atoms with E-state index in [-0.39, 0.29) is 0 Å². The summed E-state index contributed by atoms with van der Waals surface area (Å²) < 4.78 is 0. The summed E-state index contributed by atoms with van der Waals surface area (Å²) in [5, 5.41) is 4.17. The second kappa shape index (κ2) is 4.20. The minimum Gasteiger partial charge on any atom is -0.380 e. The molecule has 1 aliphatic rings. The smallest absolute Gasteiger partial charge is 0.0637 e. The first-order chi connectivity index (χ1) is 6.81. The van der Waals surface area contributed by atoms with Gasteiger partial charge in [-0.15, -0.1) is 0 Å². The molecule has 0 aromatic heterocycles. The van der Waals surface area contributed by atoms with Gasteiger partial charge in [-0.05, 0) is 30.9 Å². The fraction of sp³-hybridized carbons (Fsp3) is 0.455. The van der Waals surface area contributed by atoms with Crippen molar-refractivity contribution in [3.05, 3.63) is 29.3 Å². The van der Waals surface area contributed by atoms with Crippen molar-refractivity contribution in [3.8, 4) is 0 Å². The molecule has 3 heteroatoms. The molecule has 76 valence electrons. The average Bonchev–Trinajstić information content (AvgIpc) is 3.00. The lowest BCUT2D eigenvalue weighted by molar-refractivity contribution is 0.645. The third kappa shape index (κ3) is 2.20. The minimum atomic E-state index is 0.384. The van der Waals surface area contributed by atoms with Gasteiger partial charge in [0.15, 0.2) is 0 Å². The maximum Gasteiger partial charge on any atom is 0.0637 e. The standard InChI is InChI=1S/C11H15ClN2/c12-9-3-1-2-4-10(9)14-11(7-13)8-5-6-8/h1-4,8,11,14H,5-7,13H2. The molecule has 0 aliphatic heterocycles. The van der Waals surface area contributed by atoms with Crippen LogP contribution in [0.25, 0.3) is 0 Å². The van der Waals surface area contributed by atoms with Crippen molar-refractivity contribution in [2.75, 3.05) is 11.9 Å². The van der Waals surface area contributed by atoms with Gasteiger partial charge >= 0.3 is 0 Å². The number of para-hydroxylation sites is 1. The van der Waals surface area contributed by atoms with Gasteiger partial charge in [0.05, 0.1) is 10.7 Å². The number of rotatable bonds is 4. The molecule has 1 saturated carbocycles. The molecule has 1 unspecified atom stereocenters. The van der Waals surface area contributed by atoms with E-state index in [9.17, 15) is 0 Å². The second-order valence-electron chi connectivity index (χ2n) is 3.80. The summed E-state index contributed by atoms with van der Waals surface area (Å²) in [4.78, 5) is 0. The van der Waals surface area contributed by atoms with E-state index < -0.39 is 0 Å². The van der Waals surface area contributed by atoms with Crippen LogP contribution in [0.3, 0.4) is 0 Å². The van der Waals surface area contributed by atoms with E-state index in [4.69, 9.17) is 17.3 Å². The normalized spacial score (nSPS) is 17.9. The zero-order valence-corrected chi connectivity index (χ0v) is 8.80. The molecule has 0 spiro atoms. The van der Waals surface area contributed by atoms with Gasteiger partial charge in [0.1, 0.15) is 0 Å². The van der Waals surface area contributed by atoms with E-state index in [0.29, 0.717) is 12.6 Å². The van der Waals surface area contributed by atoms with Crippen molar-refractivity contribution in [1.29, 1.82) is 0 Å². The Morgan fingerprint density at radius 3 is 2.71 bits per heavy atom. The first kappa shape index (κ1) is 9.81. The van der Waals surface area contributed by atoms with Crippen LogP contribution in [-0.2, 0) is 0 Å². The van der Waals surface area contributed by atoms with E-state index in [2.05, 4.69) is 5.32 Å². The zero-order valence-electron chi connectivity index (χ0n) is 8.04. The summed E-state index contributed by atoms with van der Waals surface area (Å²) in [6, 6.07) is 8.18. The third-order valence-electron chi connectivity index (χ3n) is 2.66. The molecule has 14 heavy (non-hydrogen) atoms. The molecule has 1 aromatic carbocycles. The Morgan fingerprint density at radius 2 is 2.14 bits per heavy atom. The Labute approximate surface area is 89.4 Å². The van der Waals surface area contributed by atoms with Crippen molar-refractivity contribution < 1.29 is 0 Å². The number of nitrogens with one attached hydrogen (secondary N) is 1. The van der Waals surface area contributed by atoms with Crippen LogP contribution in [0.5, 0.6) is 0 Å². The zero-order chi connectivity index (χ0) is 9.97. The first-order valence-electron chi connectivity index (χ1n) is 5.02. The average molecular weight is 211 g/mol. The lowest BCUT2D eigenvalue weighted by Crippen LogP contribution is -2.30. The van der Waals surface area contributed by atoms with Crippen LogP contribution < -0.4 is 11.1 Å². The molecule has 3 N–H and O–H groups in total. The summed E-state index contributed by atoms with van der Waals surface area (Å²) in [6.07, 6.45) is 2.58. The van der Waals surface area contributed by atoms with Crippen LogP contribution in [0.4, 0.5) is 5.69 Å². The maximum atomic E-state index is 6.05. The minimum absolute atomic E-state index is 0.384. The number of anilines is 1. The molecule has 1 aromatic rings. The van der Waals surface area contributed by atoms with Crippen LogP contribution >= 0.6 is 11.6 Å². The van der Waals surface area contributed by atoms with Crippen molar-refractivity contribution in [2.24, 2.45) is 11.7 Å². The lowest BCUT2D eigenvalue weighted by atomic mass is 10.1. The van der Waals surface area contributed by atoms with Gasteiger partial charge in [0, 0.05) is 12.6 Å². The predicted molar refractivity (Wildman–Crippen MR) is 60.6 cm³/mol.